The molecule has 5 nitrogen and oxygen atoms in total. The van der Waals surface area contributed by atoms with Gasteiger partial charge in [0.15, 0.2) is 0 Å². The lowest BCUT2D eigenvalue weighted by atomic mass is 11.2. The van der Waals surface area contributed by atoms with Gasteiger partial charge < -0.3 is 10.3 Å². The largest absolute Gasteiger partial charge is 0.445 e. The summed E-state index contributed by atoms with van der Waals surface area (Å²) in [6, 6.07) is 0. The van der Waals surface area contributed by atoms with E-state index in [4.69, 9.17) is 4.55 Å². The Balaban J connectivity index is 0. The van der Waals surface area contributed by atoms with Crippen LogP contribution in [-0.4, -0.2) is 13.0 Å². The average Bonchev–Trinajstić information content (AvgIpc) is 1.30. The van der Waals surface area contributed by atoms with Crippen molar-refractivity contribution in [3.63, 3.8) is 0 Å². The Morgan fingerprint density at radius 1 is 1.62 bits per heavy atom. The highest BCUT2D eigenvalue weighted by atomic mass is 32.3. The molecule has 0 aromatic carbocycles. The summed E-state index contributed by atoms with van der Waals surface area (Å²) in [6.07, 6.45) is 0.620. The summed E-state index contributed by atoms with van der Waals surface area (Å²) in [5, 5.41) is 0. The highest BCUT2D eigenvalue weighted by Crippen LogP contribution is 1.82. The van der Waals surface area contributed by atoms with Gasteiger partial charge in [-0.3, -0.25) is 4.55 Å². The van der Waals surface area contributed by atoms with Gasteiger partial charge in [0.05, 0.1) is 0 Å². The predicted octanol–water partition coefficient (Wildman–Crippen LogP) is 0.111. The number of rotatable bonds is 2. The Hall–Kier alpha value is -0.590. The Morgan fingerprint density at radius 3 is 2.00 bits per heavy atom. The van der Waals surface area contributed by atoms with Crippen molar-refractivity contribution in [1.29, 1.82) is 0 Å². The summed E-state index contributed by atoms with van der Waals surface area (Å²) < 4.78 is 30.2. The number of hydrogen-bond acceptors (Lipinski definition) is 4. The van der Waals surface area contributed by atoms with Gasteiger partial charge in [-0.25, -0.2) is 0 Å². The molecule has 0 spiro atoms. The van der Waals surface area contributed by atoms with Gasteiger partial charge in [0.2, 0.25) is 0 Å². The van der Waals surface area contributed by atoms with Crippen LogP contribution in [0.3, 0.4) is 0 Å². The SMILES string of the molecule is C=COS(=O)(=O)O.N. The van der Waals surface area contributed by atoms with Gasteiger partial charge in [-0.05, 0) is 0 Å². The van der Waals surface area contributed by atoms with Crippen molar-refractivity contribution in [2.45, 2.75) is 0 Å². The summed E-state index contributed by atoms with van der Waals surface area (Å²) in [5.74, 6) is 0. The van der Waals surface area contributed by atoms with Crippen molar-refractivity contribution < 1.29 is 17.2 Å². The first kappa shape index (κ1) is 10.4. The van der Waals surface area contributed by atoms with Crippen LogP contribution in [0, 0.1) is 0 Å². The first-order chi connectivity index (χ1) is 3.06. The number of hydrogen-bond donors (Lipinski definition) is 2. The molecule has 0 saturated carbocycles. The van der Waals surface area contributed by atoms with E-state index >= 15 is 0 Å². The third kappa shape index (κ3) is 9.05. The minimum Gasteiger partial charge on any atom is -0.370 e. The van der Waals surface area contributed by atoms with Crippen molar-refractivity contribution in [2.75, 3.05) is 0 Å². The second kappa shape index (κ2) is 3.42. The summed E-state index contributed by atoms with van der Waals surface area (Å²) in [7, 11) is -4.29. The molecule has 0 bridgehead atoms. The van der Waals surface area contributed by atoms with E-state index in [1.807, 2.05) is 0 Å². The normalized spacial score (nSPS) is 9.12. The molecule has 8 heavy (non-hydrogen) atoms. The molecule has 0 saturated heterocycles. The molecule has 0 unspecified atom stereocenters. The van der Waals surface area contributed by atoms with Crippen molar-refractivity contribution in [1.82, 2.24) is 6.15 Å². The highest BCUT2D eigenvalue weighted by molar-refractivity contribution is 7.81. The average molecular weight is 141 g/mol. The second-order valence-corrected chi connectivity index (χ2v) is 1.74. The van der Waals surface area contributed by atoms with Crippen LogP contribution in [0.25, 0.3) is 0 Å². The lowest BCUT2D eigenvalue weighted by Gasteiger charge is -1.86. The third-order valence-electron chi connectivity index (χ3n) is 0.190. The maximum absolute atomic E-state index is 9.49. The van der Waals surface area contributed by atoms with Crippen molar-refractivity contribution >= 4 is 10.4 Å². The molecule has 0 amide bonds. The van der Waals surface area contributed by atoms with Gasteiger partial charge >= 0.3 is 10.4 Å². The third-order valence-corrected chi connectivity index (χ3v) is 0.569. The van der Waals surface area contributed by atoms with Crippen LogP contribution in [0.15, 0.2) is 12.8 Å². The Morgan fingerprint density at radius 2 is 2.00 bits per heavy atom. The first-order valence-corrected chi connectivity index (χ1v) is 2.69. The Kier molecular flexibility index (Phi) is 4.44. The monoisotopic (exact) mass is 141 g/mol. The van der Waals surface area contributed by atoms with E-state index in [2.05, 4.69) is 10.8 Å². The maximum atomic E-state index is 9.49. The molecule has 0 rings (SSSR count). The lowest BCUT2D eigenvalue weighted by Crippen LogP contribution is -1.96. The van der Waals surface area contributed by atoms with E-state index < -0.39 is 10.4 Å². The molecule has 0 aliphatic rings. The van der Waals surface area contributed by atoms with Crippen LogP contribution < -0.4 is 6.15 Å². The maximum Gasteiger partial charge on any atom is 0.445 e. The van der Waals surface area contributed by atoms with E-state index in [0.717, 1.165) is 0 Å². The fourth-order valence-electron chi connectivity index (χ4n) is 0.0860. The standard InChI is InChI=1S/C2H4O4S.H3N/c1-2-6-7(3,4)5;/h2H,1H2,(H,3,4,5);1H3. The zero-order valence-electron chi connectivity index (χ0n) is 4.07. The van der Waals surface area contributed by atoms with Crippen molar-refractivity contribution in [3.05, 3.63) is 12.8 Å². The van der Waals surface area contributed by atoms with E-state index in [1.165, 1.54) is 0 Å². The molecule has 0 aromatic rings. The minimum absolute atomic E-state index is 0. The molecule has 0 atom stereocenters. The van der Waals surface area contributed by atoms with Gasteiger partial charge in [-0.2, -0.15) is 8.42 Å². The molecule has 0 aliphatic carbocycles. The summed E-state index contributed by atoms with van der Waals surface area (Å²) in [5.41, 5.74) is 0. The topological polar surface area (TPSA) is 98.6 Å². The van der Waals surface area contributed by atoms with E-state index in [9.17, 15) is 8.42 Å². The molecule has 50 valence electrons. The lowest BCUT2D eigenvalue weighted by molar-refractivity contribution is 0.357. The van der Waals surface area contributed by atoms with Crippen LogP contribution in [0.4, 0.5) is 0 Å². The molecular weight excluding hydrogens is 134 g/mol. The first-order valence-electron chi connectivity index (χ1n) is 1.33. The summed E-state index contributed by atoms with van der Waals surface area (Å²) in [4.78, 5) is 0. The molecule has 6 heteroatoms. The van der Waals surface area contributed by atoms with Crippen LogP contribution in [0.1, 0.15) is 0 Å². The molecule has 0 heterocycles. The summed E-state index contributed by atoms with van der Waals surface area (Å²) >= 11 is 0. The minimum atomic E-state index is -4.29. The van der Waals surface area contributed by atoms with Gasteiger partial charge in [0.25, 0.3) is 0 Å². The fraction of sp³-hybridized carbons (Fsp3) is 0. The van der Waals surface area contributed by atoms with E-state index in [1.54, 1.807) is 0 Å². The van der Waals surface area contributed by atoms with Crippen LogP contribution >= 0.6 is 0 Å². The van der Waals surface area contributed by atoms with Gasteiger partial charge in [0.1, 0.15) is 6.26 Å². The molecule has 0 aliphatic heterocycles. The smallest absolute Gasteiger partial charge is 0.370 e. The van der Waals surface area contributed by atoms with E-state index in [0.29, 0.717) is 6.26 Å². The van der Waals surface area contributed by atoms with Gasteiger partial charge in [-0.15, -0.1) is 0 Å². The van der Waals surface area contributed by atoms with Crippen molar-refractivity contribution in [3.8, 4) is 0 Å². The van der Waals surface area contributed by atoms with E-state index in [-0.39, 0.29) is 6.15 Å². The zero-order chi connectivity index (χ0) is 5.91. The molecule has 0 fully saturated rings. The molecule has 0 radical (unpaired) electrons. The Labute approximate surface area is 47.5 Å². The molecule has 4 N–H and O–H groups in total. The quantitative estimate of drug-likeness (QED) is 0.420. The second-order valence-electron chi connectivity index (χ2n) is 0.691. The van der Waals surface area contributed by atoms with Crippen LogP contribution in [0.5, 0.6) is 0 Å². The van der Waals surface area contributed by atoms with Gasteiger partial charge in [0, 0.05) is 0 Å². The molecule has 0 aromatic heterocycles. The Bertz CT molecular complexity index is 147. The fourth-order valence-corrected chi connectivity index (χ4v) is 0.258. The predicted molar refractivity (Wildman–Crippen MR) is 27.9 cm³/mol. The molecular formula is C2H7NO4S. The zero-order valence-corrected chi connectivity index (χ0v) is 4.89. The summed E-state index contributed by atoms with van der Waals surface area (Å²) in [6.45, 7) is 2.88. The van der Waals surface area contributed by atoms with Gasteiger partial charge in [-0.1, -0.05) is 6.58 Å². The van der Waals surface area contributed by atoms with Crippen LogP contribution in [-0.2, 0) is 14.6 Å². The van der Waals surface area contributed by atoms with Crippen LogP contribution in [0.2, 0.25) is 0 Å². The highest BCUT2D eigenvalue weighted by Gasteiger charge is 1.96. The van der Waals surface area contributed by atoms with Crippen molar-refractivity contribution in [2.24, 2.45) is 0 Å².